The molecule has 3 N–H and O–H groups in total. The SMILES string of the molecule is Nc1nccn2c([C@@H]3CCCN(C(=O)C4CC4(F)F)C3)nc(-c3ccc(C(=O)Nc4cc(C(F)(F)F)ccn4)cc3)c12. The number of nitrogen functional groups attached to an aromatic ring is 1. The molecule has 1 saturated carbocycles. The number of fused-ring (bicyclic) bond motifs is 1. The third kappa shape index (κ3) is 5.12. The van der Waals surface area contributed by atoms with Crippen molar-refractivity contribution in [1.82, 2.24) is 24.3 Å². The monoisotopic (exact) mass is 585 g/mol. The van der Waals surface area contributed by atoms with Gasteiger partial charge in [0.1, 0.15) is 34.6 Å². The molecule has 0 spiro atoms. The van der Waals surface area contributed by atoms with Crippen molar-refractivity contribution >= 4 is 29.0 Å². The number of nitrogens with zero attached hydrogens (tertiary/aromatic N) is 5. The lowest BCUT2D eigenvalue weighted by atomic mass is 9.96. The van der Waals surface area contributed by atoms with Crippen molar-refractivity contribution < 1.29 is 31.5 Å². The molecule has 2 fully saturated rings. The van der Waals surface area contributed by atoms with E-state index < -0.39 is 41.8 Å². The normalized spacial score (nSPS) is 20.0. The summed E-state index contributed by atoms with van der Waals surface area (Å²) in [6, 6.07) is 7.79. The van der Waals surface area contributed by atoms with E-state index in [0.717, 1.165) is 18.3 Å². The standard InChI is InChI=1S/C28H24F5N7O2/c29-27(30)13-19(27)26(42)39-10-1-2-17(14-39)24-38-21(22-23(34)36-9-11-40(22)24)15-3-5-16(6-4-15)25(41)37-20-12-18(7-8-35-20)28(31,32)33/h3-9,11-12,17,19H,1-2,10,13-14H2,(H2,34,36)(H,35,37,41)/t17-,19?/m1/s1. The Kier molecular flexibility index (Phi) is 6.58. The number of carbonyl (C=O) groups is 2. The highest BCUT2D eigenvalue weighted by Crippen LogP contribution is 2.50. The predicted molar refractivity (Wildman–Crippen MR) is 142 cm³/mol. The second kappa shape index (κ2) is 10.0. The van der Waals surface area contributed by atoms with Crippen LogP contribution in [0.3, 0.4) is 0 Å². The molecule has 1 unspecified atom stereocenters. The van der Waals surface area contributed by atoms with E-state index >= 15 is 0 Å². The fourth-order valence-electron chi connectivity index (χ4n) is 5.31. The maximum atomic E-state index is 13.6. The molecule has 9 nitrogen and oxygen atoms in total. The largest absolute Gasteiger partial charge is 0.416 e. The van der Waals surface area contributed by atoms with Crippen molar-refractivity contribution in [2.45, 2.75) is 37.3 Å². The van der Waals surface area contributed by atoms with Crippen molar-refractivity contribution in [3.63, 3.8) is 0 Å². The number of nitrogens with one attached hydrogen (secondary N) is 1. The number of likely N-dealkylation sites (tertiary alicyclic amines) is 1. The van der Waals surface area contributed by atoms with Crippen molar-refractivity contribution in [3.8, 4) is 11.3 Å². The molecule has 2 aliphatic rings. The lowest BCUT2D eigenvalue weighted by Crippen LogP contribution is -2.41. The molecule has 2 amide bonds. The molecular formula is C28H24F5N7O2. The third-order valence-corrected chi connectivity index (χ3v) is 7.58. The van der Waals surface area contributed by atoms with E-state index in [9.17, 15) is 31.5 Å². The van der Waals surface area contributed by atoms with Crippen LogP contribution < -0.4 is 11.1 Å². The van der Waals surface area contributed by atoms with Crippen LogP contribution in [0.5, 0.6) is 0 Å². The minimum atomic E-state index is -4.58. The van der Waals surface area contributed by atoms with Crippen LogP contribution in [0.2, 0.25) is 0 Å². The summed E-state index contributed by atoms with van der Waals surface area (Å²) in [4.78, 5) is 39.7. The highest BCUT2D eigenvalue weighted by Gasteiger charge is 2.62. The number of alkyl halides is 5. The number of nitrogens with two attached hydrogens (primary N) is 1. The molecule has 2 atom stereocenters. The first-order valence-electron chi connectivity index (χ1n) is 13.2. The first-order valence-corrected chi connectivity index (χ1v) is 13.2. The van der Waals surface area contributed by atoms with Gasteiger partial charge in [-0.3, -0.25) is 14.0 Å². The first kappa shape index (κ1) is 27.5. The van der Waals surface area contributed by atoms with Crippen LogP contribution in [0.25, 0.3) is 16.8 Å². The molecule has 3 aromatic heterocycles. The van der Waals surface area contributed by atoms with Gasteiger partial charge in [0, 0.05) is 55.1 Å². The Labute approximate surface area is 235 Å². The lowest BCUT2D eigenvalue weighted by Gasteiger charge is -2.32. The molecular weight excluding hydrogens is 561 g/mol. The van der Waals surface area contributed by atoms with Crippen LogP contribution >= 0.6 is 0 Å². The molecule has 4 heterocycles. The minimum Gasteiger partial charge on any atom is -0.382 e. The summed E-state index contributed by atoms with van der Waals surface area (Å²) in [5.41, 5.74) is 7.03. The molecule has 1 saturated heterocycles. The van der Waals surface area contributed by atoms with Crippen molar-refractivity contribution in [3.05, 3.63) is 71.9 Å². The zero-order valence-corrected chi connectivity index (χ0v) is 21.9. The minimum absolute atomic E-state index is 0.172. The number of aromatic nitrogens is 4. The number of amides is 2. The summed E-state index contributed by atoms with van der Waals surface area (Å²) in [6.07, 6.45) is 0.489. The third-order valence-electron chi connectivity index (χ3n) is 7.58. The molecule has 42 heavy (non-hydrogen) atoms. The lowest BCUT2D eigenvalue weighted by molar-refractivity contribution is -0.138. The number of benzene rings is 1. The fourth-order valence-corrected chi connectivity index (χ4v) is 5.31. The van der Waals surface area contributed by atoms with Gasteiger partial charge in [-0.05, 0) is 37.1 Å². The van der Waals surface area contributed by atoms with Crippen LogP contribution in [-0.4, -0.2) is 55.1 Å². The molecule has 1 aliphatic heterocycles. The number of anilines is 2. The van der Waals surface area contributed by atoms with Crippen molar-refractivity contribution in [1.29, 1.82) is 0 Å². The average Bonchev–Trinajstić information content (AvgIpc) is 3.42. The van der Waals surface area contributed by atoms with Crippen LogP contribution in [-0.2, 0) is 11.0 Å². The van der Waals surface area contributed by atoms with Gasteiger partial charge in [-0.2, -0.15) is 13.2 Å². The second-order valence-electron chi connectivity index (χ2n) is 10.4. The van der Waals surface area contributed by atoms with Crippen LogP contribution in [0.1, 0.15) is 46.9 Å². The fraction of sp³-hybridized carbons (Fsp3) is 0.321. The molecule has 1 aliphatic carbocycles. The molecule has 0 bridgehead atoms. The highest BCUT2D eigenvalue weighted by atomic mass is 19.4. The zero-order chi connectivity index (χ0) is 29.8. The van der Waals surface area contributed by atoms with Crippen LogP contribution in [0.15, 0.2) is 55.0 Å². The van der Waals surface area contributed by atoms with E-state index in [4.69, 9.17) is 10.7 Å². The Hall–Kier alpha value is -4.62. The summed E-state index contributed by atoms with van der Waals surface area (Å²) in [5, 5.41) is 2.37. The van der Waals surface area contributed by atoms with Crippen LogP contribution in [0, 0.1) is 5.92 Å². The number of pyridine rings is 1. The summed E-state index contributed by atoms with van der Waals surface area (Å²) in [7, 11) is 0. The molecule has 218 valence electrons. The van der Waals surface area contributed by atoms with E-state index in [-0.39, 0.29) is 29.7 Å². The van der Waals surface area contributed by atoms with Crippen molar-refractivity contribution in [2.24, 2.45) is 5.92 Å². The number of hydrogen-bond acceptors (Lipinski definition) is 6. The number of rotatable bonds is 5. The smallest absolute Gasteiger partial charge is 0.382 e. The van der Waals surface area contributed by atoms with Gasteiger partial charge in [0.25, 0.3) is 11.8 Å². The summed E-state index contributed by atoms with van der Waals surface area (Å²) in [5.74, 6) is -5.07. The Morgan fingerprint density at radius 2 is 1.81 bits per heavy atom. The Balaban J connectivity index is 1.26. The molecule has 1 aromatic carbocycles. The molecule has 4 aromatic rings. The first-order chi connectivity index (χ1) is 19.9. The van der Waals surface area contributed by atoms with Crippen LogP contribution in [0.4, 0.5) is 33.6 Å². The zero-order valence-electron chi connectivity index (χ0n) is 21.9. The topological polar surface area (TPSA) is 119 Å². The molecule has 0 radical (unpaired) electrons. The van der Waals surface area contributed by atoms with Gasteiger partial charge in [-0.1, -0.05) is 12.1 Å². The van der Waals surface area contributed by atoms with Gasteiger partial charge in [-0.25, -0.2) is 23.7 Å². The van der Waals surface area contributed by atoms with E-state index in [1.165, 1.54) is 23.2 Å². The number of halogens is 5. The average molecular weight is 586 g/mol. The summed E-state index contributed by atoms with van der Waals surface area (Å²) in [6.45, 7) is 0.649. The Bertz CT molecular complexity index is 1690. The number of piperidine rings is 1. The van der Waals surface area contributed by atoms with E-state index in [0.29, 0.717) is 42.0 Å². The number of hydrogen-bond donors (Lipinski definition) is 2. The Morgan fingerprint density at radius 1 is 1.07 bits per heavy atom. The summed E-state index contributed by atoms with van der Waals surface area (Å²) >= 11 is 0. The highest BCUT2D eigenvalue weighted by molar-refractivity contribution is 6.04. The van der Waals surface area contributed by atoms with Gasteiger partial charge in [0.15, 0.2) is 0 Å². The van der Waals surface area contributed by atoms with Crippen molar-refractivity contribution in [2.75, 3.05) is 24.1 Å². The predicted octanol–water partition coefficient (Wildman–Crippen LogP) is 5.01. The van der Waals surface area contributed by atoms with Gasteiger partial charge in [-0.15, -0.1) is 0 Å². The van der Waals surface area contributed by atoms with E-state index in [2.05, 4.69) is 15.3 Å². The maximum Gasteiger partial charge on any atom is 0.416 e. The molecule has 14 heteroatoms. The van der Waals surface area contributed by atoms with Gasteiger partial charge in [0.05, 0.1) is 5.56 Å². The number of imidazole rings is 1. The van der Waals surface area contributed by atoms with Gasteiger partial charge >= 0.3 is 6.18 Å². The molecule has 6 rings (SSSR count). The summed E-state index contributed by atoms with van der Waals surface area (Å²) < 4.78 is 67.9. The maximum absolute atomic E-state index is 13.6. The van der Waals surface area contributed by atoms with Gasteiger partial charge < -0.3 is 16.0 Å². The van der Waals surface area contributed by atoms with Gasteiger partial charge in [0.2, 0.25) is 5.91 Å². The van der Waals surface area contributed by atoms with E-state index in [1.807, 2.05) is 0 Å². The quantitative estimate of drug-likeness (QED) is 0.318. The Morgan fingerprint density at radius 3 is 2.50 bits per heavy atom. The number of carbonyl (C=O) groups excluding carboxylic acids is 2. The van der Waals surface area contributed by atoms with E-state index in [1.54, 1.807) is 22.7 Å². The second-order valence-corrected chi connectivity index (χ2v) is 10.4.